The zero-order valence-corrected chi connectivity index (χ0v) is 12.7. The third-order valence-electron chi connectivity index (χ3n) is 2.69. The first-order valence-electron chi connectivity index (χ1n) is 6.29. The number of hydrogen-bond acceptors (Lipinski definition) is 2. The molecular formula is C15H14ClN3OS. The van der Waals surface area contributed by atoms with Crippen LogP contribution in [0.25, 0.3) is 0 Å². The molecule has 0 aliphatic carbocycles. The van der Waals surface area contributed by atoms with Crippen LogP contribution in [0.1, 0.15) is 15.9 Å². The molecule has 0 atom stereocenters. The van der Waals surface area contributed by atoms with Gasteiger partial charge in [0.1, 0.15) is 0 Å². The van der Waals surface area contributed by atoms with Crippen LogP contribution in [-0.2, 0) is 6.54 Å². The van der Waals surface area contributed by atoms with E-state index in [1.165, 1.54) is 0 Å². The van der Waals surface area contributed by atoms with E-state index in [0.29, 0.717) is 22.2 Å². The third kappa shape index (κ3) is 5.06. The molecule has 2 rings (SSSR count). The van der Waals surface area contributed by atoms with Gasteiger partial charge in [0.2, 0.25) is 0 Å². The molecule has 0 heterocycles. The normalized spacial score (nSPS) is 9.76. The molecule has 0 radical (unpaired) electrons. The van der Waals surface area contributed by atoms with Gasteiger partial charge >= 0.3 is 0 Å². The fourth-order valence-corrected chi connectivity index (χ4v) is 1.86. The molecule has 2 aromatic carbocycles. The number of hydrazine groups is 1. The summed E-state index contributed by atoms with van der Waals surface area (Å²) in [5, 5.41) is 3.93. The van der Waals surface area contributed by atoms with E-state index in [2.05, 4.69) is 16.2 Å². The molecular weight excluding hydrogens is 306 g/mol. The summed E-state index contributed by atoms with van der Waals surface area (Å²) in [4.78, 5) is 11.8. The quantitative estimate of drug-likeness (QED) is 0.601. The summed E-state index contributed by atoms with van der Waals surface area (Å²) in [6.45, 7) is 0.587. The van der Waals surface area contributed by atoms with Gasteiger partial charge in [-0.15, -0.1) is 0 Å². The maximum absolute atomic E-state index is 11.8. The van der Waals surface area contributed by atoms with Gasteiger partial charge in [0, 0.05) is 17.1 Å². The van der Waals surface area contributed by atoms with Gasteiger partial charge in [0.25, 0.3) is 5.91 Å². The van der Waals surface area contributed by atoms with E-state index in [1.807, 2.05) is 30.3 Å². The summed E-state index contributed by atoms with van der Waals surface area (Å²) >= 11 is 10.8. The summed E-state index contributed by atoms with van der Waals surface area (Å²) in [7, 11) is 0. The van der Waals surface area contributed by atoms with Gasteiger partial charge in [0.05, 0.1) is 0 Å². The summed E-state index contributed by atoms with van der Waals surface area (Å²) in [5.41, 5.74) is 6.77. The summed E-state index contributed by atoms with van der Waals surface area (Å²) in [5.74, 6) is -0.282. The number of carbonyl (C=O) groups excluding carboxylic acids is 1. The number of nitrogens with one attached hydrogen (secondary N) is 3. The Morgan fingerprint density at radius 3 is 2.33 bits per heavy atom. The number of benzene rings is 2. The Kier molecular flexibility index (Phi) is 5.54. The second-order valence-corrected chi connectivity index (χ2v) is 5.10. The van der Waals surface area contributed by atoms with E-state index in [0.717, 1.165) is 5.56 Å². The Bertz CT molecular complexity index is 617. The van der Waals surface area contributed by atoms with Crippen molar-refractivity contribution in [3.05, 3.63) is 70.7 Å². The molecule has 3 N–H and O–H groups in total. The van der Waals surface area contributed by atoms with Gasteiger partial charge in [-0.05, 0) is 42.0 Å². The molecule has 4 nitrogen and oxygen atoms in total. The van der Waals surface area contributed by atoms with Crippen LogP contribution in [0.2, 0.25) is 5.02 Å². The van der Waals surface area contributed by atoms with Gasteiger partial charge in [-0.25, -0.2) is 0 Å². The van der Waals surface area contributed by atoms with Crippen LogP contribution in [-0.4, -0.2) is 11.0 Å². The van der Waals surface area contributed by atoms with Crippen molar-refractivity contribution >= 4 is 34.8 Å². The Morgan fingerprint density at radius 2 is 1.67 bits per heavy atom. The van der Waals surface area contributed by atoms with Gasteiger partial charge in [-0.1, -0.05) is 41.9 Å². The topological polar surface area (TPSA) is 53.2 Å². The summed E-state index contributed by atoms with van der Waals surface area (Å²) in [6.07, 6.45) is 0. The van der Waals surface area contributed by atoms with E-state index >= 15 is 0 Å². The lowest BCUT2D eigenvalue weighted by Gasteiger charge is -2.11. The molecule has 1 amide bonds. The molecule has 0 saturated heterocycles. The number of rotatable bonds is 3. The van der Waals surface area contributed by atoms with Crippen LogP contribution in [0.5, 0.6) is 0 Å². The first kappa shape index (κ1) is 15.3. The standard InChI is InChI=1S/C15H14ClN3OS/c16-13-8-6-12(7-9-13)14(20)18-19-15(21)17-10-11-4-2-1-3-5-11/h1-9H,10H2,(H,18,20)(H2,17,19,21). The molecule has 21 heavy (non-hydrogen) atoms. The highest BCUT2D eigenvalue weighted by molar-refractivity contribution is 7.80. The van der Waals surface area contributed by atoms with Crippen molar-refractivity contribution in [3.8, 4) is 0 Å². The molecule has 0 unspecified atom stereocenters. The first-order chi connectivity index (χ1) is 10.1. The Hall–Kier alpha value is -2.11. The van der Waals surface area contributed by atoms with Crippen molar-refractivity contribution in [2.45, 2.75) is 6.54 Å². The van der Waals surface area contributed by atoms with Crippen molar-refractivity contribution in [1.29, 1.82) is 0 Å². The number of hydrogen-bond donors (Lipinski definition) is 3. The van der Waals surface area contributed by atoms with Crippen molar-refractivity contribution in [3.63, 3.8) is 0 Å². The maximum Gasteiger partial charge on any atom is 0.269 e. The smallest absolute Gasteiger partial charge is 0.269 e. The van der Waals surface area contributed by atoms with Crippen molar-refractivity contribution in [2.24, 2.45) is 0 Å². The number of carbonyl (C=O) groups is 1. The molecule has 0 fully saturated rings. The Balaban J connectivity index is 1.76. The van der Waals surface area contributed by atoms with Crippen molar-refractivity contribution < 1.29 is 4.79 Å². The molecule has 2 aromatic rings. The molecule has 0 spiro atoms. The lowest BCUT2D eigenvalue weighted by atomic mass is 10.2. The average Bonchev–Trinajstić information content (AvgIpc) is 2.52. The van der Waals surface area contributed by atoms with Crippen LogP contribution in [0.15, 0.2) is 54.6 Å². The summed E-state index contributed by atoms with van der Waals surface area (Å²) < 4.78 is 0. The fourth-order valence-electron chi connectivity index (χ4n) is 1.61. The molecule has 0 bridgehead atoms. The van der Waals surface area contributed by atoms with Crippen molar-refractivity contribution in [2.75, 3.05) is 0 Å². The minimum Gasteiger partial charge on any atom is -0.357 e. The summed E-state index contributed by atoms with van der Waals surface area (Å²) in [6, 6.07) is 16.4. The van der Waals surface area contributed by atoms with Crippen LogP contribution < -0.4 is 16.2 Å². The zero-order valence-electron chi connectivity index (χ0n) is 11.1. The van der Waals surface area contributed by atoms with Crippen molar-refractivity contribution in [1.82, 2.24) is 16.2 Å². The average molecular weight is 320 g/mol. The molecule has 0 aromatic heterocycles. The molecule has 108 valence electrons. The van der Waals surface area contributed by atoms with Gasteiger partial charge in [0.15, 0.2) is 5.11 Å². The molecule has 0 aliphatic rings. The predicted octanol–water partition coefficient (Wildman–Crippen LogP) is 2.65. The second-order valence-electron chi connectivity index (χ2n) is 4.25. The minimum absolute atomic E-state index is 0.282. The SMILES string of the molecule is O=C(NNC(=S)NCc1ccccc1)c1ccc(Cl)cc1. The minimum atomic E-state index is -0.282. The second kappa shape index (κ2) is 7.61. The Labute approximate surface area is 133 Å². The largest absolute Gasteiger partial charge is 0.357 e. The van der Waals surface area contributed by atoms with E-state index in [1.54, 1.807) is 24.3 Å². The highest BCUT2D eigenvalue weighted by Gasteiger charge is 2.05. The van der Waals surface area contributed by atoms with Crippen LogP contribution in [0.3, 0.4) is 0 Å². The van der Waals surface area contributed by atoms with Gasteiger partial charge in [-0.2, -0.15) is 0 Å². The molecule has 0 aliphatic heterocycles. The number of thiocarbonyl (C=S) groups is 1. The van der Waals surface area contributed by atoms with E-state index in [4.69, 9.17) is 23.8 Å². The van der Waals surface area contributed by atoms with Gasteiger partial charge in [-0.3, -0.25) is 15.6 Å². The highest BCUT2D eigenvalue weighted by atomic mass is 35.5. The Morgan fingerprint density at radius 1 is 1.00 bits per heavy atom. The highest BCUT2D eigenvalue weighted by Crippen LogP contribution is 2.08. The molecule has 6 heteroatoms. The monoisotopic (exact) mass is 319 g/mol. The predicted molar refractivity (Wildman–Crippen MR) is 87.9 cm³/mol. The van der Waals surface area contributed by atoms with Crippen LogP contribution in [0, 0.1) is 0 Å². The van der Waals surface area contributed by atoms with Crippen LogP contribution in [0.4, 0.5) is 0 Å². The lowest BCUT2D eigenvalue weighted by molar-refractivity contribution is 0.0943. The van der Waals surface area contributed by atoms with E-state index < -0.39 is 0 Å². The zero-order chi connectivity index (χ0) is 15.1. The molecule has 0 saturated carbocycles. The fraction of sp³-hybridized carbons (Fsp3) is 0.0667. The third-order valence-corrected chi connectivity index (χ3v) is 3.19. The van der Waals surface area contributed by atoms with E-state index in [9.17, 15) is 4.79 Å². The maximum atomic E-state index is 11.8. The number of halogens is 1. The van der Waals surface area contributed by atoms with Gasteiger partial charge < -0.3 is 5.32 Å². The van der Waals surface area contributed by atoms with E-state index in [-0.39, 0.29) is 5.91 Å². The van der Waals surface area contributed by atoms with Crippen LogP contribution >= 0.6 is 23.8 Å². The first-order valence-corrected chi connectivity index (χ1v) is 7.07. The number of amides is 1. The lowest BCUT2D eigenvalue weighted by Crippen LogP contribution is -2.46.